The minimum atomic E-state index is -0.353. The molecule has 0 bridgehead atoms. The van der Waals surface area contributed by atoms with Gasteiger partial charge in [0.05, 0.1) is 6.33 Å². The number of aromatic amines is 2. The van der Waals surface area contributed by atoms with E-state index < -0.39 is 0 Å². The molecule has 0 spiro atoms. The minimum absolute atomic E-state index is 0.197. The van der Waals surface area contributed by atoms with E-state index in [1.807, 2.05) is 12.1 Å². The lowest BCUT2D eigenvalue weighted by Gasteiger charge is -2.39. The number of aryl methyl sites for hydroxylation is 1. The average molecular weight is 323 g/mol. The molecule has 2 aromatic heterocycles. The van der Waals surface area contributed by atoms with Gasteiger partial charge in [0.2, 0.25) is 0 Å². The lowest BCUT2D eigenvalue weighted by atomic mass is 9.90. The number of carbonyl (C=O) groups excluding carboxylic acids is 1. The predicted octanol–water partition coefficient (Wildman–Crippen LogP) is 1.27. The Balaban J connectivity index is 1.48. The molecule has 7 heteroatoms. The summed E-state index contributed by atoms with van der Waals surface area (Å²) in [5.74, 6) is 0.248. The third-order valence-corrected chi connectivity index (χ3v) is 4.58. The number of rotatable bonds is 3. The van der Waals surface area contributed by atoms with Gasteiger partial charge >= 0.3 is 0 Å². The van der Waals surface area contributed by atoms with E-state index >= 15 is 0 Å². The number of H-pyrrole nitrogens is 2. The van der Waals surface area contributed by atoms with Crippen molar-refractivity contribution < 1.29 is 4.79 Å². The number of hydrogen-bond acceptors (Lipinski definition) is 4. The molecule has 3 aromatic rings. The smallest absolute Gasteiger partial charge is 0.272 e. The van der Waals surface area contributed by atoms with E-state index in [1.165, 1.54) is 17.5 Å². The maximum Gasteiger partial charge on any atom is 0.272 e. The molecule has 0 atom stereocenters. The van der Waals surface area contributed by atoms with Gasteiger partial charge in [-0.2, -0.15) is 5.10 Å². The van der Waals surface area contributed by atoms with Crippen molar-refractivity contribution in [3.8, 4) is 0 Å². The Labute approximate surface area is 137 Å². The maximum atomic E-state index is 12.6. The van der Waals surface area contributed by atoms with Gasteiger partial charge in [0.15, 0.2) is 5.65 Å². The third-order valence-electron chi connectivity index (χ3n) is 4.58. The van der Waals surface area contributed by atoms with Gasteiger partial charge in [-0.1, -0.05) is 24.3 Å². The van der Waals surface area contributed by atoms with Crippen LogP contribution in [0.5, 0.6) is 0 Å². The lowest BCUT2D eigenvalue weighted by Crippen LogP contribution is -2.51. The summed E-state index contributed by atoms with van der Waals surface area (Å²) < 4.78 is 0. The Bertz CT molecular complexity index is 968. The number of nitrogens with one attached hydrogen (secondary N) is 2. The summed E-state index contributed by atoms with van der Waals surface area (Å²) in [6.07, 6.45) is 2.24. The third kappa shape index (κ3) is 2.38. The second-order valence-electron chi connectivity index (χ2n) is 6.24. The highest BCUT2D eigenvalue weighted by atomic mass is 16.2. The van der Waals surface area contributed by atoms with Crippen LogP contribution in [0.2, 0.25) is 0 Å². The van der Waals surface area contributed by atoms with Crippen molar-refractivity contribution in [1.29, 1.82) is 0 Å². The summed E-state index contributed by atoms with van der Waals surface area (Å²) in [6, 6.07) is 8.31. The quantitative estimate of drug-likeness (QED) is 0.759. The van der Waals surface area contributed by atoms with Crippen molar-refractivity contribution in [3.05, 3.63) is 57.8 Å². The topological polar surface area (TPSA) is 94.7 Å². The van der Waals surface area contributed by atoms with Gasteiger partial charge in [-0.3, -0.25) is 14.7 Å². The van der Waals surface area contributed by atoms with Crippen molar-refractivity contribution in [2.45, 2.75) is 13.3 Å². The van der Waals surface area contributed by atoms with Crippen LogP contribution in [-0.4, -0.2) is 44.1 Å². The molecule has 0 aliphatic carbocycles. The molecular formula is C17H17N5O2. The van der Waals surface area contributed by atoms with E-state index in [4.69, 9.17) is 0 Å². The molecule has 1 saturated heterocycles. The molecule has 1 aliphatic heterocycles. The van der Waals surface area contributed by atoms with Crippen LogP contribution < -0.4 is 5.56 Å². The largest absolute Gasteiger partial charge is 0.337 e. The summed E-state index contributed by atoms with van der Waals surface area (Å²) in [5, 5.41) is 6.82. The van der Waals surface area contributed by atoms with Gasteiger partial charge in [0.1, 0.15) is 11.1 Å². The van der Waals surface area contributed by atoms with Crippen LogP contribution in [0, 0.1) is 12.8 Å². The molecule has 3 heterocycles. The van der Waals surface area contributed by atoms with E-state index in [-0.39, 0.29) is 28.2 Å². The molecule has 2 N–H and O–H groups in total. The lowest BCUT2D eigenvalue weighted by molar-refractivity contribution is 0.0497. The number of likely N-dealkylation sites (tertiary alicyclic amines) is 1. The average Bonchev–Trinajstić information content (AvgIpc) is 2.97. The first kappa shape index (κ1) is 14.6. The van der Waals surface area contributed by atoms with Crippen LogP contribution in [0.1, 0.15) is 21.6 Å². The van der Waals surface area contributed by atoms with Crippen molar-refractivity contribution in [3.63, 3.8) is 0 Å². The van der Waals surface area contributed by atoms with E-state index in [9.17, 15) is 9.59 Å². The number of benzene rings is 1. The first-order valence-corrected chi connectivity index (χ1v) is 7.89. The zero-order chi connectivity index (χ0) is 16.7. The number of aromatic nitrogens is 4. The Kier molecular flexibility index (Phi) is 3.41. The minimum Gasteiger partial charge on any atom is -0.337 e. The Morgan fingerprint density at radius 3 is 2.92 bits per heavy atom. The number of carbonyl (C=O) groups is 1. The molecule has 24 heavy (non-hydrogen) atoms. The van der Waals surface area contributed by atoms with Crippen molar-refractivity contribution in [2.75, 3.05) is 13.1 Å². The SMILES string of the molecule is Cc1ccccc1CC1CN(C(=O)c2[nH]nc3nc[nH]c(=O)c23)C1. The molecule has 1 aliphatic rings. The summed E-state index contributed by atoms with van der Waals surface area (Å²) in [6.45, 7) is 3.48. The molecule has 0 saturated carbocycles. The highest BCUT2D eigenvalue weighted by Gasteiger charge is 2.33. The first-order chi connectivity index (χ1) is 11.6. The first-order valence-electron chi connectivity index (χ1n) is 7.89. The van der Waals surface area contributed by atoms with Crippen LogP contribution in [-0.2, 0) is 6.42 Å². The highest BCUT2D eigenvalue weighted by Crippen LogP contribution is 2.24. The number of fused-ring (bicyclic) bond motifs is 1. The molecular weight excluding hydrogens is 306 g/mol. The Morgan fingerprint density at radius 2 is 2.12 bits per heavy atom. The number of nitrogens with zero attached hydrogens (tertiary/aromatic N) is 3. The van der Waals surface area contributed by atoms with Gasteiger partial charge in [0, 0.05) is 13.1 Å². The van der Waals surface area contributed by atoms with Gasteiger partial charge in [-0.05, 0) is 30.4 Å². The molecule has 0 unspecified atom stereocenters. The van der Waals surface area contributed by atoms with Crippen LogP contribution in [0.4, 0.5) is 0 Å². The summed E-state index contributed by atoms with van der Waals surface area (Å²) in [5.41, 5.74) is 2.73. The van der Waals surface area contributed by atoms with Gasteiger partial charge in [-0.25, -0.2) is 4.98 Å². The Hall–Kier alpha value is -2.96. The molecule has 122 valence electrons. The van der Waals surface area contributed by atoms with E-state index in [0.29, 0.717) is 19.0 Å². The monoisotopic (exact) mass is 323 g/mol. The summed E-state index contributed by atoms with van der Waals surface area (Å²) in [4.78, 5) is 32.7. The molecule has 4 rings (SSSR count). The molecule has 7 nitrogen and oxygen atoms in total. The predicted molar refractivity (Wildman–Crippen MR) is 88.8 cm³/mol. The zero-order valence-corrected chi connectivity index (χ0v) is 13.2. The van der Waals surface area contributed by atoms with E-state index in [0.717, 1.165) is 6.42 Å². The molecule has 1 amide bonds. The van der Waals surface area contributed by atoms with Gasteiger partial charge < -0.3 is 9.88 Å². The van der Waals surface area contributed by atoms with Crippen molar-refractivity contribution >= 4 is 16.9 Å². The molecule has 1 fully saturated rings. The molecule has 0 radical (unpaired) electrons. The maximum absolute atomic E-state index is 12.6. The van der Waals surface area contributed by atoms with Crippen molar-refractivity contribution in [1.82, 2.24) is 25.1 Å². The zero-order valence-electron chi connectivity index (χ0n) is 13.2. The fraction of sp³-hybridized carbons (Fsp3) is 0.294. The second-order valence-corrected chi connectivity index (χ2v) is 6.24. The Morgan fingerprint density at radius 1 is 1.33 bits per heavy atom. The fourth-order valence-electron chi connectivity index (χ4n) is 3.19. The fourth-order valence-corrected chi connectivity index (χ4v) is 3.19. The van der Waals surface area contributed by atoms with E-state index in [2.05, 4.69) is 39.2 Å². The molecule has 1 aromatic carbocycles. The normalized spacial score (nSPS) is 14.8. The number of amides is 1. The number of hydrogen-bond donors (Lipinski definition) is 2. The highest BCUT2D eigenvalue weighted by molar-refractivity contribution is 6.03. The summed E-state index contributed by atoms with van der Waals surface area (Å²) >= 11 is 0. The standard InChI is InChI=1S/C17H17N5O2/c1-10-4-2-3-5-12(10)6-11-7-22(8-11)17(24)14-13-15(21-20-14)18-9-19-16(13)23/h2-5,9,11H,6-8H2,1H3,(H2,18,19,20,21,23). The van der Waals surface area contributed by atoms with Crippen LogP contribution >= 0.6 is 0 Å². The van der Waals surface area contributed by atoms with Crippen LogP contribution in [0.3, 0.4) is 0 Å². The van der Waals surface area contributed by atoms with Crippen LogP contribution in [0.25, 0.3) is 11.0 Å². The van der Waals surface area contributed by atoms with Crippen molar-refractivity contribution in [2.24, 2.45) is 5.92 Å². The summed E-state index contributed by atoms with van der Waals surface area (Å²) in [7, 11) is 0. The van der Waals surface area contributed by atoms with Gasteiger partial charge in [-0.15, -0.1) is 0 Å². The van der Waals surface area contributed by atoms with E-state index in [1.54, 1.807) is 4.90 Å². The second kappa shape index (κ2) is 5.59. The van der Waals surface area contributed by atoms with Crippen LogP contribution in [0.15, 0.2) is 35.4 Å². The van der Waals surface area contributed by atoms with Gasteiger partial charge in [0.25, 0.3) is 11.5 Å².